The van der Waals surface area contributed by atoms with E-state index in [1.165, 1.54) is 22.8 Å². The smallest absolute Gasteiger partial charge is 0.264 e. The second-order valence-electron chi connectivity index (χ2n) is 16.1. The fourth-order valence-corrected chi connectivity index (χ4v) is 8.43. The number of hydrogen-bond donors (Lipinski definition) is 3. The highest BCUT2D eigenvalue weighted by atomic mass is 16.3. The first-order chi connectivity index (χ1) is 27.5. The molecule has 0 aromatic heterocycles. The number of phenols is 1. The van der Waals surface area contributed by atoms with E-state index in [1.54, 1.807) is 24.3 Å². The van der Waals surface area contributed by atoms with E-state index in [1.807, 2.05) is 24.8 Å². The van der Waals surface area contributed by atoms with E-state index in [9.17, 15) is 33.9 Å². The van der Waals surface area contributed by atoms with Gasteiger partial charge in [-0.15, -0.1) is 0 Å². The predicted molar refractivity (Wildman–Crippen MR) is 213 cm³/mol. The number of nitrogens with zero attached hydrogens (tertiary/aromatic N) is 4. The molecule has 1 unspecified atom stereocenters. The molecule has 300 valence electrons. The van der Waals surface area contributed by atoms with Crippen molar-refractivity contribution >= 4 is 41.1 Å². The maximum absolute atomic E-state index is 13.3. The van der Waals surface area contributed by atoms with Crippen LogP contribution in [0.1, 0.15) is 124 Å². The fourth-order valence-electron chi connectivity index (χ4n) is 8.43. The maximum atomic E-state index is 13.3. The van der Waals surface area contributed by atoms with Crippen molar-refractivity contribution in [3.8, 4) is 5.75 Å². The lowest BCUT2D eigenvalue weighted by Crippen LogP contribution is -2.54. The third kappa shape index (κ3) is 8.94. The Morgan fingerprint density at radius 1 is 0.842 bits per heavy atom. The Hall–Kier alpha value is -5.40. The molecule has 3 aromatic rings. The first-order valence-corrected chi connectivity index (χ1v) is 20.3. The van der Waals surface area contributed by atoms with Gasteiger partial charge >= 0.3 is 0 Å². The fraction of sp³-hybridized carbons (Fsp3) is 0.455. The number of piperidine rings is 1. The van der Waals surface area contributed by atoms with Crippen LogP contribution in [-0.2, 0) is 34.0 Å². The largest absolute Gasteiger partial charge is 0.508 e. The third-order valence-electron chi connectivity index (χ3n) is 11.7. The number of carbonyl (C=O) groups excluding carboxylic acids is 6. The number of rotatable bonds is 14. The second-order valence-corrected chi connectivity index (χ2v) is 16.1. The molecule has 0 aliphatic carbocycles. The molecule has 4 aliphatic heterocycles. The van der Waals surface area contributed by atoms with Crippen molar-refractivity contribution in [2.75, 3.05) is 38.0 Å². The summed E-state index contributed by atoms with van der Waals surface area (Å²) in [6, 6.07) is 15.4. The SMILES string of the molecule is CC(C)c1cc(C(=O)N2Cc3ccc(CN4CCN(CCCCCCCC(=O)Nc5cccc6c5C(=O)N(C5CCC(=O)NC5=O)C6=O)CC4)cc3C2)ccc1O. The number of phenolic OH excluding ortho intramolecular Hbond substituents is 1. The molecule has 3 aromatic carbocycles. The number of fused-ring (bicyclic) bond motifs is 2. The quantitative estimate of drug-likeness (QED) is 0.148. The number of imide groups is 2. The van der Waals surface area contributed by atoms with Gasteiger partial charge in [0.05, 0.1) is 16.8 Å². The van der Waals surface area contributed by atoms with Gasteiger partial charge in [-0.05, 0) is 84.3 Å². The minimum atomic E-state index is -1.06. The van der Waals surface area contributed by atoms with Gasteiger partial charge in [-0.1, -0.05) is 57.4 Å². The number of aromatic hydroxyl groups is 1. The van der Waals surface area contributed by atoms with E-state index in [2.05, 4.69) is 38.6 Å². The summed E-state index contributed by atoms with van der Waals surface area (Å²) < 4.78 is 0. The van der Waals surface area contributed by atoms with E-state index >= 15 is 0 Å². The zero-order chi connectivity index (χ0) is 40.2. The first kappa shape index (κ1) is 39.8. The lowest BCUT2D eigenvalue weighted by atomic mass is 9.99. The number of carbonyl (C=O) groups is 6. The minimum Gasteiger partial charge on any atom is -0.508 e. The molecule has 13 heteroatoms. The third-order valence-corrected chi connectivity index (χ3v) is 11.7. The lowest BCUT2D eigenvalue weighted by Gasteiger charge is -2.34. The zero-order valence-corrected chi connectivity index (χ0v) is 32.9. The van der Waals surface area contributed by atoms with Crippen LogP contribution in [0, 0.1) is 0 Å². The number of piperazine rings is 1. The maximum Gasteiger partial charge on any atom is 0.264 e. The van der Waals surface area contributed by atoms with Gasteiger partial charge in [0.2, 0.25) is 17.7 Å². The van der Waals surface area contributed by atoms with Crippen molar-refractivity contribution in [3.05, 3.63) is 93.5 Å². The average Bonchev–Trinajstić information content (AvgIpc) is 3.73. The average molecular weight is 777 g/mol. The van der Waals surface area contributed by atoms with Gasteiger partial charge in [-0.25, -0.2) is 0 Å². The van der Waals surface area contributed by atoms with Crippen LogP contribution in [0.2, 0.25) is 0 Å². The van der Waals surface area contributed by atoms with Gasteiger partial charge in [0, 0.05) is 64.2 Å². The van der Waals surface area contributed by atoms with Crippen LogP contribution in [-0.4, -0.2) is 98.9 Å². The van der Waals surface area contributed by atoms with Gasteiger partial charge in [-0.2, -0.15) is 0 Å². The van der Waals surface area contributed by atoms with Crippen molar-refractivity contribution in [3.63, 3.8) is 0 Å². The summed E-state index contributed by atoms with van der Waals surface area (Å²) in [5.74, 6) is -2.23. The molecule has 6 amide bonds. The van der Waals surface area contributed by atoms with Crippen molar-refractivity contribution in [2.24, 2.45) is 0 Å². The van der Waals surface area contributed by atoms with Crippen LogP contribution >= 0.6 is 0 Å². The van der Waals surface area contributed by atoms with Crippen LogP contribution < -0.4 is 10.6 Å². The summed E-state index contributed by atoms with van der Waals surface area (Å²) in [6.45, 7) is 11.2. The summed E-state index contributed by atoms with van der Waals surface area (Å²) >= 11 is 0. The topological polar surface area (TPSA) is 160 Å². The summed E-state index contributed by atoms with van der Waals surface area (Å²) in [6.07, 6.45) is 5.25. The molecule has 0 radical (unpaired) electrons. The molecule has 0 saturated carbocycles. The number of amides is 6. The van der Waals surface area contributed by atoms with Crippen LogP contribution in [0.4, 0.5) is 5.69 Å². The molecule has 2 fully saturated rings. The zero-order valence-electron chi connectivity index (χ0n) is 32.9. The summed E-state index contributed by atoms with van der Waals surface area (Å²) in [5.41, 5.74) is 5.54. The van der Waals surface area contributed by atoms with E-state index in [4.69, 9.17) is 0 Å². The molecule has 4 heterocycles. The summed E-state index contributed by atoms with van der Waals surface area (Å²) in [5, 5.41) is 15.2. The van der Waals surface area contributed by atoms with Crippen molar-refractivity contribution < 1.29 is 33.9 Å². The normalized spacial score (nSPS) is 18.6. The van der Waals surface area contributed by atoms with Crippen LogP contribution in [0.25, 0.3) is 0 Å². The molecule has 2 saturated heterocycles. The van der Waals surface area contributed by atoms with E-state index in [-0.39, 0.29) is 53.1 Å². The Labute approximate surface area is 333 Å². The summed E-state index contributed by atoms with van der Waals surface area (Å²) in [7, 11) is 0. The number of anilines is 1. The van der Waals surface area contributed by atoms with Gasteiger partial charge in [0.15, 0.2) is 0 Å². The summed E-state index contributed by atoms with van der Waals surface area (Å²) in [4.78, 5) is 84.3. The Morgan fingerprint density at radius 3 is 2.35 bits per heavy atom. The Morgan fingerprint density at radius 2 is 1.58 bits per heavy atom. The standard InChI is InChI=1S/C44H52N6O7/c1-28(2)34-24-30(14-16-37(34)51)42(55)49-26-31-13-12-29(23-32(31)27-49)25-48-21-19-47(20-22-48)18-7-5-3-4-6-11-38(52)45-35-10-8-9-33-40(35)44(57)50(43(33)56)36-15-17-39(53)46-41(36)54/h8-10,12-14,16,23-24,28,36,51H,3-7,11,15,17-22,25-27H2,1-2H3,(H,45,52)(H,46,53,54). The Balaban J connectivity index is 0.775. The molecule has 4 aliphatic rings. The Kier molecular flexibility index (Phi) is 12.2. The second kappa shape index (κ2) is 17.4. The molecular formula is C44H52N6O7. The van der Waals surface area contributed by atoms with Crippen molar-refractivity contribution in [2.45, 2.75) is 96.8 Å². The van der Waals surface area contributed by atoms with Gasteiger partial charge < -0.3 is 20.2 Å². The van der Waals surface area contributed by atoms with E-state index < -0.39 is 29.7 Å². The monoisotopic (exact) mass is 776 g/mol. The van der Waals surface area contributed by atoms with Gasteiger partial charge in [-0.3, -0.25) is 43.9 Å². The van der Waals surface area contributed by atoms with Crippen LogP contribution in [0.3, 0.4) is 0 Å². The molecular weight excluding hydrogens is 725 g/mol. The van der Waals surface area contributed by atoms with E-state index in [0.29, 0.717) is 31.5 Å². The highest BCUT2D eigenvalue weighted by molar-refractivity contribution is 6.26. The van der Waals surface area contributed by atoms with Crippen LogP contribution in [0.15, 0.2) is 54.6 Å². The molecule has 1 atom stereocenters. The Bertz CT molecular complexity index is 2070. The number of hydrogen-bond acceptors (Lipinski definition) is 9. The van der Waals surface area contributed by atoms with Gasteiger partial charge in [0.25, 0.3) is 17.7 Å². The van der Waals surface area contributed by atoms with Crippen molar-refractivity contribution in [1.82, 2.24) is 24.9 Å². The lowest BCUT2D eigenvalue weighted by molar-refractivity contribution is -0.136. The molecule has 57 heavy (non-hydrogen) atoms. The molecule has 7 rings (SSSR count). The minimum absolute atomic E-state index is 0.0105. The molecule has 3 N–H and O–H groups in total. The molecule has 13 nitrogen and oxygen atoms in total. The van der Waals surface area contributed by atoms with Crippen LogP contribution in [0.5, 0.6) is 5.75 Å². The van der Waals surface area contributed by atoms with Gasteiger partial charge in [0.1, 0.15) is 11.8 Å². The van der Waals surface area contributed by atoms with Crippen molar-refractivity contribution in [1.29, 1.82) is 0 Å². The highest BCUT2D eigenvalue weighted by Gasteiger charge is 2.45. The predicted octanol–water partition coefficient (Wildman–Crippen LogP) is 5.17. The first-order valence-electron chi connectivity index (χ1n) is 20.3. The number of nitrogens with one attached hydrogen (secondary N) is 2. The number of benzene rings is 3. The molecule has 0 spiro atoms. The highest BCUT2D eigenvalue weighted by Crippen LogP contribution is 2.33. The molecule has 0 bridgehead atoms. The number of unbranched alkanes of at least 4 members (excludes halogenated alkanes) is 4. The van der Waals surface area contributed by atoms with E-state index in [0.717, 1.165) is 75.4 Å².